The van der Waals surface area contributed by atoms with E-state index >= 15 is 0 Å². The third-order valence-electron chi connectivity index (χ3n) is 2.66. The van der Waals surface area contributed by atoms with Crippen LogP contribution in [0.4, 0.5) is 13.2 Å². The Hall–Kier alpha value is -2.37. The van der Waals surface area contributed by atoms with Gasteiger partial charge in [0.05, 0.1) is 10.9 Å². The van der Waals surface area contributed by atoms with Gasteiger partial charge in [-0.3, -0.25) is 9.20 Å². The molecule has 0 radical (unpaired) electrons. The van der Waals surface area contributed by atoms with Crippen molar-refractivity contribution in [3.05, 3.63) is 58.3 Å². The molecule has 2 aromatic heterocycles. The molecule has 3 rings (SSSR count). The molecule has 1 aromatic carbocycles. The third-order valence-corrected chi connectivity index (χ3v) is 2.66. The topological polar surface area (TPSA) is 34.4 Å². The standard InChI is InChI=1S/C12H5F3N2O/c13-7-5-6-11(10(15)9(7)14)17-4-2-1-3-8(17)16-12(6)18/h1-5H. The van der Waals surface area contributed by atoms with E-state index in [0.717, 1.165) is 0 Å². The van der Waals surface area contributed by atoms with Crippen molar-refractivity contribution in [2.24, 2.45) is 0 Å². The summed E-state index contributed by atoms with van der Waals surface area (Å²) < 4.78 is 41.3. The quantitative estimate of drug-likeness (QED) is 0.453. The molecule has 6 heteroatoms. The maximum Gasteiger partial charge on any atom is 0.281 e. The van der Waals surface area contributed by atoms with Crippen LogP contribution in [0, 0.1) is 17.5 Å². The Morgan fingerprint density at radius 3 is 2.67 bits per heavy atom. The van der Waals surface area contributed by atoms with Crippen LogP contribution >= 0.6 is 0 Å². The van der Waals surface area contributed by atoms with E-state index in [9.17, 15) is 18.0 Å². The Morgan fingerprint density at radius 1 is 1.11 bits per heavy atom. The molecule has 0 saturated carbocycles. The molecule has 3 aromatic rings. The highest BCUT2D eigenvalue weighted by Gasteiger charge is 2.18. The minimum atomic E-state index is -1.61. The average Bonchev–Trinajstić information content (AvgIpc) is 2.36. The van der Waals surface area contributed by atoms with Gasteiger partial charge in [-0.25, -0.2) is 13.2 Å². The van der Waals surface area contributed by atoms with Gasteiger partial charge in [-0.15, -0.1) is 0 Å². The smallest absolute Gasteiger partial charge is 0.281 e. The lowest BCUT2D eigenvalue weighted by Crippen LogP contribution is -2.13. The van der Waals surface area contributed by atoms with Crippen molar-refractivity contribution in [1.82, 2.24) is 9.38 Å². The maximum atomic E-state index is 13.8. The van der Waals surface area contributed by atoms with Crippen molar-refractivity contribution in [3.63, 3.8) is 0 Å². The van der Waals surface area contributed by atoms with Crippen LogP contribution in [0.5, 0.6) is 0 Å². The van der Waals surface area contributed by atoms with Crippen LogP contribution in [0.3, 0.4) is 0 Å². The molecule has 18 heavy (non-hydrogen) atoms. The second-order valence-electron chi connectivity index (χ2n) is 3.73. The van der Waals surface area contributed by atoms with Crippen LogP contribution in [0.1, 0.15) is 0 Å². The first-order valence-electron chi connectivity index (χ1n) is 5.04. The first-order chi connectivity index (χ1) is 8.59. The summed E-state index contributed by atoms with van der Waals surface area (Å²) in [5.74, 6) is -4.41. The molecular formula is C12H5F3N2O. The van der Waals surface area contributed by atoms with Gasteiger partial charge in [0.2, 0.25) is 0 Å². The van der Waals surface area contributed by atoms with E-state index in [1.54, 1.807) is 12.1 Å². The van der Waals surface area contributed by atoms with E-state index in [-0.39, 0.29) is 16.6 Å². The fourth-order valence-corrected chi connectivity index (χ4v) is 1.86. The van der Waals surface area contributed by atoms with Gasteiger partial charge >= 0.3 is 0 Å². The van der Waals surface area contributed by atoms with Gasteiger partial charge in [-0.05, 0) is 18.2 Å². The number of aromatic nitrogens is 2. The minimum absolute atomic E-state index is 0.167. The van der Waals surface area contributed by atoms with Gasteiger partial charge < -0.3 is 0 Å². The number of rotatable bonds is 0. The predicted molar refractivity (Wildman–Crippen MR) is 58.8 cm³/mol. The summed E-state index contributed by atoms with van der Waals surface area (Å²) in [7, 11) is 0. The third kappa shape index (κ3) is 1.32. The highest BCUT2D eigenvalue weighted by Crippen LogP contribution is 2.21. The number of fused-ring (bicyclic) bond motifs is 3. The number of benzene rings is 1. The molecule has 0 aliphatic rings. The number of hydrogen-bond donors (Lipinski definition) is 0. The second kappa shape index (κ2) is 3.56. The maximum absolute atomic E-state index is 13.8. The summed E-state index contributed by atoms with van der Waals surface area (Å²) in [6.45, 7) is 0. The SMILES string of the molecule is O=c1nc2ccccn2c2c(F)c(F)c(F)cc12. The molecule has 0 atom stereocenters. The van der Waals surface area contributed by atoms with Crippen molar-refractivity contribution in [2.75, 3.05) is 0 Å². The van der Waals surface area contributed by atoms with E-state index in [0.29, 0.717) is 6.07 Å². The Labute approximate surface area is 98.1 Å². The highest BCUT2D eigenvalue weighted by atomic mass is 19.2. The van der Waals surface area contributed by atoms with E-state index in [4.69, 9.17) is 0 Å². The Morgan fingerprint density at radius 2 is 1.89 bits per heavy atom. The summed E-state index contributed by atoms with van der Waals surface area (Å²) in [5, 5.41) is -0.296. The molecule has 2 heterocycles. The Kier molecular flexibility index (Phi) is 2.13. The zero-order valence-electron chi connectivity index (χ0n) is 8.82. The van der Waals surface area contributed by atoms with Crippen molar-refractivity contribution in [1.29, 1.82) is 0 Å². The molecule has 0 fully saturated rings. The van der Waals surface area contributed by atoms with Crippen LogP contribution in [0.2, 0.25) is 0 Å². The van der Waals surface area contributed by atoms with Gasteiger partial charge in [0, 0.05) is 6.20 Å². The molecule has 0 amide bonds. The van der Waals surface area contributed by atoms with Crippen molar-refractivity contribution >= 4 is 16.6 Å². The molecule has 0 N–H and O–H groups in total. The van der Waals surface area contributed by atoms with Crippen molar-refractivity contribution in [3.8, 4) is 0 Å². The summed E-state index contributed by atoms with van der Waals surface area (Å²) in [5.41, 5.74) is -0.946. The summed E-state index contributed by atoms with van der Waals surface area (Å²) in [4.78, 5) is 15.3. The summed E-state index contributed by atoms with van der Waals surface area (Å²) >= 11 is 0. The van der Waals surface area contributed by atoms with Crippen LogP contribution < -0.4 is 5.56 Å². The number of pyridine rings is 1. The number of halogens is 3. The van der Waals surface area contributed by atoms with E-state index in [1.165, 1.54) is 16.7 Å². The molecule has 0 saturated heterocycles. The van der Waals surface area contributed by atoms with E-state index in [2.05, 4.69) is 4.98 Å². The fraction of sp³-hybridized carbons (Fsp3) is 0. The normalized spacial score (nSPS) is 11.3. The minimum Gasteiger partial charge on any atom is -0.298 e. The fourth-order valence-electron chi connectivity index (χ4n) is 1.86. The molecule has 0 aliphatic carbocycles. The Bertz CT molecular complexity index is 842. The van der Waals surface area contributed by atoms with Crippen molar-refractivity contribution in [2.45, 2.75) is 0 Å². The lowest BCUT2D eigenvalue weighted by molar-refractivity contribution is 0.452. The van der Waals surface area contributed by atoms with Gasteiger partial charge in [0.1, 0.15) is 5.65 Å². The second-order valence-corrected chi connectivity index (χ2v) is 3.73. The monoisotopic (exact) mass is 250 g/mol. The molecular weight excluding hydrogens is 245 g/mol. The lowest BCUT2D eigenvalue weighted by Gasteiger charge is -2.06. The van der Waals surface area contributed by atoms with Gasteiger partial charge in [0.15, 0.2) is 17.5 Å². The Balaban J connectivity index is 2.72. The zero-order valence-corrected chi connectivity index (χ0v) is 8.82. The number of hydrogen-bond acceptors (Lipinski definition) is 2. The largest absolute Gasteiger partial charge is 0.298 e. The predicted octanol–water partition coefficient (Wildman–Crippen LogP) is 2.27. The lowest BCUT2D eigenvalue weighted by atomic mass is 10.2. The van der Waals surface area contributed by atoms with E-state index in [1.807, 2.05) is 0 Å². The van der Waals surface area contributed by atoms with Crippen molar-refractivity contribution < 1.29 is 13.2 Å². The molecule has 90 valence electrons. The first kappa shape index (κ1) is 10.8. The van der Waals surface area contributed by atoms with E-state index < -0.39 is 23.0 Å². The highest BCUT2D eigenvalue weighted by molar-refractivity contribution is 5.81. The van der Waals surface area contributed by atoms with Crippen LogP contribution in [-0.2, 0) is 0 Å². The van der Waals surface area contributed by atoms with Crippen LogP contribution in [0.15, 0.2) is 35.3 Å². The van der Waals surface area contributed by atoms with Gasteiger partial charge in [0.25, 0.3) is 5.56 Å². The number of nitrogens with zero attached hydrogens (tertiary/aromatic N) is 2. The van der Waals surface area contributed by atoms with Gasteiger partial charge in [-0.1, -0.05) is 6.07 Å². The molecule has 0 spiro atoms. The average molecular weight is 250 g/mol. The zero-order chi connectivity index (χ0) is 12.9. The van der Waals surface area contributed by atoms with Crippen LogP contribution in [-0.4, -0.2) is 9.38 Å². The summed E-state index contributed by atoms with van der Waals surface area (Å²) in [6, 6.07) is 5.30. The summed E-state index contributed by atoms with van der Waals surface area (Å²) in [6.07, 6.45) is 1.42. The molecule has 0 unspecified atom stereocenters. The van der Waals surface area contributed by atoms with Gasteiger partial charge in [-0.2, -0.15) is 4.98 Å². The first-order valence-corrected chi connectivity index (χ1v) is 5.04. The molecule has 0 bridgehead atoms. The molecule has 0 aliphatic heterocycles. The van der Waals surface area contributed by atoms with Crippen LogP contribution in [0.25, 0.3) is 16.6 Å². The molecule has 3 nitrogen and oxygen atoms in total.